The highest BCUT2D eigenvalue weighted by Crippen LogP contribution is 2.01. The summed E-state index contributed by atoms with van der Waals surface area (Å²) in [5.41, 5.74) is 1.12. The molecule has 0 aliphatic rings. The lowest BCUT2D eigenvalue weighted by Gasteiger charge is -2.07. The van der Waals surface area contributed by atoms with Crippen LogP contribution < -0.4 is 0 Å². The van der Waals surface area contributed by atoms with Crippen LogP contribution in [0.25, 0.3) is 0 Å². The Bertz CT molecular complexity index is 566. The van der Waals surface area contributed by atoms with E-state index in [0.717, 1.165) is 5.56 Å². The van der Waals surface area contributed by atoms with Gasteiger partial charge in [0, 0.05) is 6.61 Å². The highest BCUT2D eigenvalue weighted by molar-refractivity contribution is 7.85. The Hall–Kier alpha value is -1.08. The summed E-state index contributed by atoms with van der Waals surface area (Å²) in [6, 6.07) is 9.85. The first kappa shape index (κ1) is 25.2. The van der Waals surface area contributed by atoms with Gasteiger partial charge in [-0.2, -0.15) is 16.8 Å². The maximum absolute atomic E-state index is 9.19. The van der Waals surface area contributed by atoms with Gasteiger partial charge in [-0.3, -0.25) is 9.11 Å². The van der Waals surface area contributed by atoms with Crippen molar-refractivity contribution in [1.29, 1.82) is 0 Å². The van der Waals surface area contributed by atoms with Crippen molar-refractivity contribution in [3.05, 3.63) is 35.9 Å². The standard InChI is InChI=1S/C11H16O3.2CH4O3S/c12-8-11(13)6-7-14-9-10-4-2-1-3-5-10;2*1-5(2,3)4/h1-5,11-13H,6-9H2;2*1H3,(H,2,3,4). The topological polar surface area (TPSA) is 158 Å². The van der Waals surface area contributed by atoms with Gasteiger partial charge < -0.3 is 14.9 Å². The predicted molar refractivity (Wildman–Crippen MR) is 88.8 cm³/mol. The van der Waals surface area contributed by atoms with Crippen LogP contribution >= 0.6 is 0 Å². The molecule has 11 heteroatoms. The molecule has 1 aromatic rings. The van der Waals surface area contributed by atoms with Crippen molar-refractivity contribution in [2.75, 3.05) is 25.7 Å². The second-order valence-corrected chi connectivity index (χ2v) is 7.56. The predicted octanol–water partition coefficient (Wildman–Crippen LogP) is -0.0455. The highest BCUT2D eigenvalue weighted by Gasteiger charge is 2.00. The van der Waals surface area contributed by atoms with E-state index < -0.39 is 26.3 Å². The van der Waals surface area contributed by atoms with Crippen LogP contribution in [0.3, 0.4) is 0 Å². The van der Waals surface area contributed by atoms with Gasteiger partial charge in [0.25, 0.3) is 20.2 Å². The third-order valence-corrected chi connectivity index (χ3v) is 1.92. The Balaban J connectivity index is 0. The van der Waals surface area contributed by atoms with E-state index in [2.05, 4.69) is 0 Å². The van der Waals surface area contributed by atoms with Gasteiger partial charge in [0.05, 0.1) is 31.8 Å². The van der Waals surface area contributed by atoms with E-state index in [1.165, 1.54) is 0 Å². The summed E-state index contributed by atoms with van der Waals surface area (Å²) < 4.78 is 57.1. The van der Waals surface area contributed by atoms with E-state index in [1.807, 2.05) is 30.3 Å². The Morgan fingerprint density at radius 2 is 1.42 bits per heavy atom. The van der Waals surface area contributed by atoms with Crippen molar-refractivity contribution in [3.63, 3.8) is 0 Å². The molecule has 9 nitrogen and oxygen atoms in total. The zero-order valence-electron chi connectivity index (χ0n) is 13.4. The lowest BCUT2D eigenvalue weighted by molar-refractivity contribution is 0.0436. The molecule has 1 unspecified atom stereocenters. The lowest BCUT2D eigenvalue weighted by Crippen LogP contribution is -2.14. The summed E-state index contributed by atoms with van der Waals surface area (Å²) in [6.07, 6.45) is 1.24. The van der Waals surface area contributed by atoms with Gasteiger partial charge in [-0.05, 0) is 12.0 Å². The molecule has 0 bridgehead atoms. The summed E-state index contributed by atoms with van der Waals surface area (Å²) in [5, 5.41) is 17.6. The minimum Gasteiger partial charge on any atom is -0.394 e. The largest absolute Gasteiger partial charge is 0.394 e. The molecule has 4 N–H and O–H groups in total. The molecular formula is C13H24O9S2. The molecule has 0 aliphatic heterocycles. The van der Waals surface area contributed by atoms with Crippen molar-refractivity contribution in [1.82, 2.24) is 0 Å². The second kappa shape index (κ2) is 13.2. The quantitative estimate of drug-likeness (QED) is 0.387. The molecule has 0 fully saturated rings. The summed E-state index contributed by atoms with van der Waals surface area (Å²) in [6.45, 7) is 0.824. The highest BCUT2D eigenvalue weighted by atomic mass is 32.2. The zero-order chi connectivity index (χ0) is 19.2. The molecule has 0 saturated heterocycles. The van der Waals surface area contributed by atoms with E-state index in [-0.39, 0.29) is 6.61 Å². The minimum atomic E-state index is -3.67. The summed E-state index contributed by atoms with van der Waals surface area (Å²) >= 11 is 0. The summed E-state index contributed by atoms with van der Waals surface area (Å²) in [7, 11) is -7.33. The molecule has 0 aromatic heterocycles. The molecule has 0 aliphatic carbocycles. The van der Waals surface area contributed by atoms with Crippen molar-refractivity contribution in [2.24, 2.45) is 0 Å². The molecule has 1 aromatic carbocycles. The molecule has 142 valence electrons. The first-order valence-electron chi connectivity index (χ1n) is 6.58. The van der Waals surface area contributed by atoms with Gasteiger partial charge in [-0.25, -0.2) is 0 Å². The van der Waals surface area contributed by atoms with Crippen molar-refractivity contribution in [2.45, 2.75) is 19.1 Å². The Morgan fingerprint density at radius 3 is 1.79 bits per heavy atom. The number of aliphatic hydroxyl groups is 2. The van der Waals surface area contributed by atoms with Crippen molar-refractivity contribution in [3.8, 4) is 0 Å². The normalized spacial score (nSPS) is 12.2. The molecule has 1 rings (SSSR count). The van der Waals surface area contributed by atoms with Crippen LogP contribution in [0.15, 0.2) is 30.3 Å². The Kier molecular flexibility index (Phi) is 13.9. The van der Waals surface area contributed by atoms with E-state index in [1.54, 1.807) is 0 Å². The molecule has 24 heavy (non-hydrogen) atoms. The monoisotopic (exact) mass is 388 g/mol. The average Bonchev–Trinajstić information content (AvgIpc) is 2.41. The minimum absolute atomic E-state index is 0.200. The van der Waals surface area contributed by atoms with Gasteiger partial charge in [-0.15, -0.1) is 0 Å². The van der Waals surface area contributed by atoms with Crippen molar-refractivity contribution >= 4 is 20.2 Å². The van der Waals surface area contributed by atoms with Crippen LogP contribution in [0, 0.1) is 0 Å². The second-order valence-electron chi connectivity index (χ2n) is 4.63. The van der Waals surface area contributed by atoms with E-state index >= 15 is 0 Å². The van der Waals surface area contributed by atoms with Gasteiger partial charge in [0.1, 0.15) is 0 Å². The van der Waals surface area contributed by atoms with Crippen LogP contribution in [-0.4, -0.2) is 68.0 Å². The fourth-order valence-corrected chi connectivity index (χ4v) is 1.07. The first-order valence-corrected chi connectivity index (χ1v) is 10.3. The fourth-order valence-electron chi connectivity index (χ4n) is 1.07. The van der Waals surface area contributed by atoms with E-state index in [9.17, 15) is 16.8 Å². The summed E-state index contributed by atoms with van der Waals surface area (Å²) in [4.78, 5) is 0. The van der Waals surface area contributed by atoms with E-state index in [0.29, 0.717) is 32.1 Å². The average molecular weight is 388 g/mol. The van der Waals surface area contributed by atoms with Crippen LogP contribution in [0.5, 0.6) is 0 Å². The number of hydrogen-bond donors (Lipinski definition) is 4. The van der Waals surface area contributed by atoms with Crippen LogP contribution in [0.1, 0.15) is 12.0 Å². The first-order chi connectivity index (χ1) is 10.8. The number of benzene rings is 1. The SMILES string of the molecule is CS(=O)(=O)O.CS(=O)(=O)O.OCC(O)CCOCc1ccccc1. The maximum atomic E-state index is 9.19. The number of aliphatic hydroxyl groups excluding tert-OH is 2. The molecule has 0 heterocycles. The van der Waals surface area contributed by atoms with Crippen molar-refractivity contribution < 1.29 is 40.9 Å². The van der Waals surface area contributed by atoms with E-state index in [4.69, 9.17) is 24.1 Å². The third-order valence-electron chi connectivity index (χ3n) is 1.92. The zero-order valence-corrected chi connectivity index (χ0v) is 15.1. The van der Waals surface area contributed by atoms with Gasteiger partial charge in [-0.1, -0.05) is 30.3 Å². The molecule has 0 saturated carbocycles. The molecule has 0 amide bonds. The number of hydrogen-bond acceptors (Lipinski definition) is 7. The maximum Gasteiger partial charge on any atom is 0.261 e. The molecule has 0 spiro atoms. The lowest BCUT2D eigenvalue weighted by atomic mass is 10.2. The number of rotatable bonds is 6. The van der Waals surface area contributed by atoms with Crippen LogP contribution in [0.2, 0.25) is 0 Å². The molecular weight excluding hydrogens is 364 g/mol. The van der Waals surface area contributed by atoms with Gasteiger partial charge in [0.2, 0.25) is 0 Å². The molecule has 1 atom stereocenters. The van der Waals surface area contributed by atoms with Gasteiger partial charge in [0.15, 0.2) is 0 Å². The van der Waals surface area contributed by atoms with Gasteiger partial charge >= 0.3 is 0 Å². The van der Waals surface area contributed by atoms with Crippen LogP contribution in [-0.2, 0) is 31.6 Å². The third kappa shape index (κ3) is 32.8. The summed E-state index contributed by atoms with van der Waals surface area (Å²) in [5.74, 6) is 0. The fraction of sp³-hybridized carbons (Fsp3) is 0.538. The molecule has 0 radical (unpaired) electrons. The Labute approximate surface area is 142 Å². The Morgan fingerprint density at radius 1 is 1.00 bits per heavy atom. The smallest absolute Gasteiger partial charge is 0.261 e. The number of ether oxygens (including phenoxy) is 1. The van der Waals surface area contributed by atoms with Crippen LogP contribution in [0.4, 0.5) is 0 Å².